The molecule has 1 heterocycles. The van der Waals surface area contributed by atoms with E-state index >= 15 is 0 Å². The van der Waals surface area contributed by atoms with Crippen molar-refractivity contribution in [2.24, 2.45) is 5.10 Å². The van der Waals surface area contributed by atoms with Gasteiger partial charge in [-0.15, -0.1) is 0 Å². The molecule has 2 aromatic rings. The Morgan fingerprint density at radius 3 is 2.48 bits per heavy atom. The summed E-state index contributed by atoms with van der Waals surface area (Å²) in [4.78, 5) is 11.3. The van der Waals surface area contributed by atoms with Gasteiger partial charge in [0.2, 0.25) is 6.41 Å². The Kier molecular flexibility index (Phi) is 3.69. The van der Waals surface area contributed by atoms with Crippen LogP contribution in [0.2, 0.25) is 0 Å². The molecule has 1 amide bonds. The molecule has 1 atom stereocenters. The number of benzene rings is 2. The van der Waals surface area contributed by atoms with Gasteiger partial charge in [-0.3, -0.25) is 4.79 Å². The van der Waals surface area contributed by atoms with Crippen molar-refractivity contribution in [2.75, 3.05) is 7.11 Å². The Morgan fingerprint density at radius 2 is 1.86 bits per heavy atom. The number of hydrazone groups is 1. The Morgan fingerprint density at radius 1 is 1.14 bits per heavy atom. The van der Waals surface area contributed by atoms with Gasteiger partial charge < -0.3 is 4.74 Å². The number of hydrogen-bond acceptors (Lipinski definition) is 3. The summed E-state index contributed by atoms with van der Waals surface area (Å²) >= 11 is 0. The number of carbonyl (C=O) groups excluding carboxylic acids is 1. The summed E-state index contributed by atoms with van der Waals surface area (Å²) in [6.07, 6.45) is 1.50. The van der Waals surface area contributed by atoms with E-state index in [-0.39, 0.29) is 6.04 Å². The first kappa shape index (κ1) is 13.4. The molecule has 0 aromatic heterocycles. The maximum atomic E-state index is 11.3. The van der Waals surface area contributed by atoms with Crippen LogP contribution in [0.4, 0.5) is 0 Å². The zero-order valence-corrected chi connectivity index (χ0v) is 11.8. The number of methoxy groups -OCH3 is 1. The number of ether oxygens (including phenoxy) is 1. The average Bonchev–Trinajstić information content (AvgIpc) is 3.00. The van der Waals surface area contributed by atoms with Gasteiger partial charge >= 0.3 is 0 Å². The lowest BCUT2D eigenvalue weighted by molar-refractivity contribution is -0.119. The van der Waals surface area contributed by atoms with E-state index < -0.39 is 0 Å². The highest BCUT2D eigenvalue weighted by Gasteiger charge is 2.28. The van der Waals surface area contributed by atoms with E-state index in [1.54, 1.807) is 7.11 Å². The minimum absolute atomic E-state index is 0.0270. The molecule has 0 aliphatic carbocycles. The van der Waals surface area contributed by atoms with Crippen LogP contribution in [0.1, 0.15) is 23.6 Å². The fraction of sp³-hybridized carbons (Fsp3) is 0.176. The van der Waals surface area contributed by atoms with E-state index in [0.717, 1.165) is 35.4 Å². The zero-order valence-electron chi connectivity index (χ0n) is 11.8. The molecule has 4 heteroatoms. The molecule has 106 valence electrons. The van der Waals surface area contributed by atoms with E-state index in [2.05, 4.69) is 5.10 Å². The van der Waals surface area contributed by atoms with Gasteiger partial charge in [0.05, 0.1) is 18.9 Å². The van der Waals surface area contributed by atoms with Crippen molar-refractivity contribution in [2.45, 2.75) is 12.5 Å². The lowest BCUT2D eigenvalue weighted by Gasteiger charge is -2.16. The molecule has 2 aromatic carbocycles. The summed E-state index contributed by atoms with van der Waals surface area (Å²) in [6.45, 7) is 0. The summed E-state index contributed by atoms with van der Waals surface area (Å²) in [5.41, 5.74) is 3.02. The van der Waals surface area contributed by atoms with Crippen molar-refractivity contribution in [3.63, 3.8) is 0 Å². The molecule has 0 N–H and O–H groups in total. The molecular weight excluding hydrogens is 264 g/mol. The number of amides is 1. The van der Waals surface area contributed by atoms with Gasteiger partial charge in [-0.1, -0.05) is 30.3 Å². The minimum atomic E-state index is -0.0270. The normalized spacial score (nSPS) is 17.5. The molecule has 0 saturated heterocycles. The van der Waals surface area contributed by atoms with Crippen LogP contribution in [0.15, 0.2) is 59.7 Å². The molecule has 0 bridgehead atoms. The van der Waals surface area contributed by atoms with Crippen LogP contribution >= 0.6 is 0 Å². The fourth-order valence-corrected chi connectivity index (χ4v) is 2.53. The molecule has 0 radical (unpaired) electrons. The first-order valence-electron chi connectivity index (χ1n) is 6.82. The molecule has 1 aliphatic rings. The van der Waals surface area contributed by atoms with E-state index in [0.29, 0.717) is 0 Å². The van der Waals surface area contributed by atoms with Crippen LogP contribution in [0, 0.1) is 0 Å². The van der Waals surface area contributed by atoms with Crippen LogP contribution in [-0.2, 0) is 4.79 Å². The second-order valence-electron chi connectivity index (χ2n) is 4.89. The van der Waals surface area contributed by atoms with Gasteiger partial charge in [0.25, 0.3) is 0 Å². The highest BCUT2D eigenvalue weighted by molar-refractivity contribution is 6.02. The molecule has 0 saturated carbocycles. The topological polar surface area (TPSA) is 41.9 Å². The van der Waals surface area contributed by atoms with Crippen LogP contribution in [0.25, 0.3) is 0 Å². The number of nitrogens with zero attached hydrogens (tertiary/aromatic N) is 2. The zero-order chi connectivity index (χ0) is 14.7. The smallest absolute Gasteiger partial charge is 0.230 e. The molecular formula is C17H16N2O2. The van der Waals surface area contributed by atoms with Gasteiger partial charge in [0.15, 0.2) is 0 Å². The van der Waals surface area contributed by atoms with Crippen LogP contribution in [0.5, 0.6) is 5.75 Å². The molecule has 4 nitrogen and oxygen atoms in total. The van der Waals surface area contributed by atoms with Crippen LogP contribution in [0.3, 0.4) is 0 Å². The van der Waals surface area contributed by atoms with Crippen molar-refractivity contribution < 1.29 is 9.53 Å². The van der Waals surface area contributed by atoms with Crippen molar-refractivity contribution in [1.82, 2.24) is 5.01 Å². The van der Waals surface area contributed by atoms with E-state index in [1.807, 2.05) is 54.6 Å². The molecule has 0 fully saturated rings. The predicted octanol–water partition coefficient (Wildman–Crippen LogP) is 3.00. The number of rotatable bonds is 4. The van der Waals surface area contributed by atoms with E-state index in [9.17, 15) is 4.79 Å². The Labute approximate surface area is 123 Å². The molecule has 21 heavy (non-hydrogen) atoms. The van der Waals surface area contributed by atoms with Gasteiger partial charge in [-0.05, 0) is 35.4 Å². The number of hydrogen-bond donors (Lipinski definition) is 0. The minimum Gasteiger partial charge on any atom is -0.497 e. The maximum Gasteiger partial charge on any atom is 0.230 e. The van der Waals surface area contributed by atoms with Gasteiger partial charge in [0.1, 0.15) is 5.75 Å². The first-order chi connectivity index (χ1) is 10.3. The van der Waals surface area contributed by atoms with Crippen molar-refractivity contribution in [3.05, 3.63) is 65.7 Å². The third-order valence-corrected chi connectivity index (χ3v) is 3.66. The Hall–Kier alpha value is -2.62. The molecule has 1 aliphatic heterocycles. The summed E-state index contributed by atoms with van der Waals surface area (Å²) in [5, 5.41) is 5.93. The monoisotopic (exact) mass is 280 g/mol. The van der Waals surface area contributed by atoms with Crippen LogP contribution < -0.4 is 4.74 Å². The lowest BCUT2D eigenvalue weighted by Crippen LogP contribution is -2.17. The highest BCUT2D eigenvalue weighted by Crippen LogP contribution is 2.31. The second kappa shape index (κ2) is 5.79. The Bertz CT molecular complexity index is 650. The highest BCUT2D eigenvalue weighted by atomic mass is 16.5. The molecule has 0 spiro atoms. The summed E-state index contributed by atoms with van der Waals surface area (Å²) in [6, 6.07) is 17.7. The third-order valence-electron chi connectivity index (χ3n) is 3.66. The quantitative estimate of drug-likeness (QED) is 0.808. The van der Waals surface area contributed by atoms with Crippen molar-refractivity contribution >= 4 is 12.1 Å². The van der Waals surface area contributed by atoms with E-state index in [4.69, 9.17) is 4.74 Å². The fourth-order valence-electron chi connectivity index (χ4n) is 2.53. The van der Waals surface area contributed by atoms with Crippen LogP contribution in [-0.4, -0.2) is 24.2 Å². The van der Waals surface area contributed by atoms with Gasteiger partial charge in [0, 0.05) is 6.42 Å². The second-order valence-corrected chi connectivity index (χ2v) is 4.89. The van der Waals surface area contributed by atoms with Crippen molar-refractivity contribution in [3.8, 4) is 5.75 Å². The molecule has 0 unspecified atom stereocenters. The summed E-state index contributed by atoms with van der Waals surface area (Å²) in [7, 11) is 1.64. The van der Waals surface area contributed by atoms with E-state index in [1.165, 1.54) is 5.01 Å². The standard InChI is InChI=1S/C17H16N2O2/c1-21-15-9-7-13(8-10-15)16-11-17(19(12-20)18-16)14-5-3-2-4-6-14/h2-10,12,17H,11H2,1H3/t17-/m1/s1. The first-order valence-corrected chi connectivity index (χ1v) is 6.82. The summed E-state index contributed by atoms with van der Waals surface area (Å²) < 4.78 is 5.16. The molecule has 3 rings (SSSR count). The largest absolute Gasteiger partial charge is 0.497 e. The SMILES string of the molecule is COc1ccc(C2=NN(C=O)[C@@H](c3ccccc3)C2)cc1. The van der Waals surface area contributed by atoms with Gasteiger partial charge in [-0.25, -0.2) is 5.01 Å². The number of carbonyl (C=O) groups is 1. The van der Waals surface area contributed by atoms with Gasteiger partial charge in [-0.2, -0.15) is 5.10 Å². The Balaban J connectivity index is 1.86. The predicted molar refractivity (Wildman–Crippen MR) is 81.2 cm³/mol. The third kappa shape index (κ3) is 2.65. The lowest BCUT2D eigenvalue weighted by atomic mass is 9.99. The summed E-state index contributed by atoms with van der Waals surface area (Å²) in [5.74, 6) is 0.809. The van der Waals surface area contributed by atoms with Crippen molar-refractivity contribution in [1.29, 1.82) is 0 Å². The average molecular weight is 280 g/mol. The maximum absolute atomic E-state index is 11.3.